The SMILES string of the molecule is O=Cc1c(C(F)F)nn(-c2nccs2)c1Cl. The predicted molar refractivity (Wildman–Crippen MR) is 54.6 cm³/mol. The van der Waals surface area contributed by atoms with E-state index >= 15 is 0 Å². The molecule has 0 radical (unpaired) electrons. The summed E-state index contributed by atoms with van der Waals surface area (Å²) in [6.45, 7) is 0. The zero-order valence-corrected chi connectivity index (χ0v) is 9.17. The van der Waals surface area contributed by atoms with Crippen LogP contribution >= 0.6 is 22.9 Å². The lowest BCUT2D eigenvalue weighted by atomic mass is 10.3. The van der Waals surface area contributed by atoms with Gasteiger partial charge < -0.3 is 0 Å². The van der Waals surface area contributed by atoms with Crippen LogP contribution in [0.25, 0.3) is 5.13 Å². The molecular formula is C8H4ClF2N3OS. The van der Waals surface area contributed by atoms with E-state index in [0.29, 0.717) is 5.13 Å². The number of carbonyl (C=O) groups is 1. The summed E-state index contributed by atoms with van der Waals surface area (Å²) >= 11 is 6.95. The first-order valence-corrected chi connectivity index (χ1v) is 5.32. The third-order valence-electron chi connectivity index (χ3n) is 1.82. The second kappa shape index (κ2) is 4.26. The third kappa shape index (κ3) is 1.72. The smallest absolute Gasteiger partial charge is 0.282 e. The molecule has 0 fully saturated rings. The fourth-order valence-electron chi connectivity index (χ4n) is 1.14. The average Bonchev–Trinajstić information content (AvgIpc) is 2.84. The Kier molecular flexibility index (Phi) is 2.97. The van der Waals surface area contributed by atoms with Gasteiger partial charge in [0.15, 0.2) is 6.29 Å². The molecule has 0 saturated heterocycles. The molecule has 16 heavy (non-hydrogen) atoms. The minimum absolute atomic E-state index is 0.153. The summed E-state index contributed by atoms with van der Waals surface area (Å²) in [5.41, 5.74) is -0.929. The van der Waals surface area contributed by atoms with Crippen LogP contribution in [0.3, 0.4) is 0 Å². The highest BCUT2D eigenvalue weighted by Gasteiger charge is 2.24. The van der Waals surface area contributed by atoms with E-state index in [-0.39, 0.29) is 17.0 Å². The lowest BCUT2D eigenvalue weighted by molar-refractivity contribution is 0.110. The first kappa shape index (κ1) is 11.2. The second-order valence-corrected chi connectivity index (χ2v) is 3.97. The summed E-state index contributed by atoms with van der Waals surface area (Å²) in [6, 6.07) is 0. The summed E-state index contributed by atoms with van der Waals surface area (Å²) in [5, 5.41) is 5.40. The number of thiazole rings is 1. The Morgan fingerprint density at radius 3 is 2.75 bits per heavy atom. The molecule has 84 valence electrons. The number of alkyl halides is 2. The van der Waals surface area contributed by atoms with Gasteiger partial charge in [0.25, 0.3) is 6.43 Å². The zero-order chi connectivity index (χ0) is 11.7. The monoisotopic (exact) mass is 263 g/mol. The molecule has 4 nitrogen and oxygen atoms in total. The highest BCUT2D eigenvalue weighted by atomic mass is 35.5. The van der Waals surface area contributed by atoms with Crippen molar-refractivity contribution in [2.75, 3.05) is 0 Å². The number of halogens is 3. The van der Waals surface area contributed by atoms with Crippen LogP contribution in [0.5, 0.6) is 0 Å². The molecule has 2 heterocycles. The van der Waals surface area contributed by atoms with Crippen LogP contribution < -0.4 is 0 Å². The van der Waals surface area contributed by atoms with Gasteiger partial charge in [0.2, 0.25) is 5.13 Å². The largest absolute Gasteiger partial charge is 0.298 e. The molecule has 2 rings (SSSR count). The number of hydrogen-bond acceptors (Lipinski definition) is 4. The van der Waals surface area contributed by atoms with Gasteiger partial charge in [-0.1, -0.05) is 11.6 Å². The summed E-state index contributed by atoms with van der Waals surface area (Å²) in [6.07, 6.45) is -1.10. The number of hydrogen-bond donors (Lipinski definition) is 0. The number of aldehydes is 1. The Hall–Kier alpha value is -1.34. The number of aromatic nitrogens is 3. The van der Waals surface area contributed by atoms with Gasteiger partial charge >= 0.3 is 0 Å². The lowest BCUT2D eigenvalue weighted by Crippen LogP contribution is -1.96. The number of carbonyl (C=O) groups excluding carboxylic acids is 1. The van der Waals surface area contributed by atoms with Gasteiger partial charge in [-0.2, -0.15) is 9.78 Å². The maximum absolute atomic E-state index is 12.5. The van der Waals surface area contributed by atoms with Crippen LogP contribution in [0.15, 0.2) is 11.6 Å². The second-order valence-electron chi connectivity index (χ2n) is 2.73. The molecule has 0 spiro atoms. The Bertz CT molecular complexity index is 512. The van der Waals surface area contributed by atoms with Gasteiger partial charge in [-0.3, -0.25) is 4.79 Å². The Morgan fingerprint density at radius 1 is 1.56 bits per heavy atom. The first-order valence-electron chi connectivity index (χ1n) is 4.06. The standard InChI is InChI=1S/C8H4ClF2N3OS/c9-6-4(3-15)5(7(10)11)13-14(6)8-12-1-2-16-8/h1-3,7H. The highest BCUT2D eigenvalue weighted by molar-refractivity contribution is 7.12. The lowest BCUT2D eigenvalue weighted by Gasteiger charge is -1.95. The van der Waals surface area contributed by atoms with Crippen molar-refractivity contribution in [3.63, 3.8) is 0 Å². The Labute approximate surface area is 97.5 Å². The topological polar surface area (TPSA) is 47.8 Å². The number of rotatable bonds is 3. The maximum Gasteiger partial charge on any atom is 0.282 e. The van der Waals surface area contributed by atoms with Crippen molar-refractivity contribution in [2.45, 2.75) is 6.43 Å². The van der Waals surface area contributed by atoms with Crippen LogP contribution in [0.1, 0.15) is 22.5 Å². The minimum Gasteiger partial charge on any atom is -0.298 e. The average molecular weight is 264 g/mol. The van der Waals surface area contributed by atoms with Crippen LogP contribution in [0.2, 0.25) is 5.15 Å². The minimum atomic E-state index is -2.85. The fourth-order valence-corrected chi connectivity index (χ4v) is 2.05. The van der Waals surface area contributed by atoms with E-state index in [2.05, 4.69) is 10.1 Å². The molecule has 0 unspecified atom stereocenters. The van der Waals surface area contributed by atoms with Gasteiger partial charge in [-0.05, 0) is 0 Å². The van der Waals surface area contributed by atoms with Crippen molar-refractivity contribution in [3.8, 4) is 5.13 Å². The summed E-state index contributed by atoms with van der Waals surface area (Å²) in [5.74, 6) is 0. The van der Waals surface area contributed by atoms with E-state index in [1.807, 2.05) is 0 Å². The molecule has 0 aromatic carbocycles. The van der Waals surface area contributed by atoms with Gasteiger partial charge in [-0.25, -0.2) is 13.8 Å². The quantitative estimate of drug-likeness (QED) is 0.800. The molecular weight excluding hydrogens is 260 g/mol. The van der Waals surface area contributed by atoms with Gasteiger partial charge in [-0.15, -0.1) is 11.3 Å². The molecule has 0 saturated carbocycles. The molecule has 0 aliphatic carbocycles. The molecule has 2 aromatic heterocycles. The highest BCUT2D eigenvalue weighted by Crippen LogP contribution is 2.29. The van der Waals surface area contributed by atoms with E-state index in [0.717, 1.165) is 4.68 Å². The zero-order valence-electron chi connectivity index (χ0n) is 7.60. The van der Waals surface area contributed by atoms with Crippen LogP contribution in [-0.2, 0) is 0 Å². The summed E-state index contributed by atoms with van der Waals surface area (Å²) < 4.78 is 26.1. The van der Waals surface area contributed by atoms with Gasteiger partial charge in [0.1, 0.15) is 10.8 Å². The van der Waals surface area contributed by atoms with Crippen molar-refractivity contribution in [3.05, 3.63) is 28.0 Å². The van der Waals surface area contributed by atoms with E-state index in [4.69, 9.17) is 11.6 Å². The van der Waals surface area contributed by atoms with E-state index in [1.165, 1.54) is 17.5 Å². The van der Waals surface area contributed by atoms with E-state index in [9.17, 15) is 13.6 Å². The molecule has 0 bridgehead atoms. The van der Waals surface area contributed by atoms with Crippen molar-refractivity contribution in [2.24, 2.45) is 0 Å². The molecule has 8 heteroatoms. The predicted octanol–water partition coefficient (Wildman–Crippen LogP) is 2.73. The molecule has 2 aromatic rings. The Balaban J connectivity index is 2.61. The third-order valence-corrected chi connectivity index (χ3v) is 2.93. The van der Waals surface area contributed by atoms with Crippen molar-refractivity contribution < 1.29 is 13.6 Å². The van der Waals surface area contributed by atoms with Crippen LogP contribution in [0, 0.1) is 0 Å². The fraction of sp³-hybridized carbons (Fsp3) is 0.125. The van der Waals surface area contributed by atoms with Crippen LogP contribution in [-0.4, -0.2) is 21.1 Å². The van der Waals surface area contributed by atoms with E-state index in [1.54, 1.807) is 5.38 Å². The van der Waals surface area contributed by atoms with Gasteiger partial charge in [0.05, 0.1) is 5.56 Å². The Morgan fingerprint density at radius 2 is 2.31 bits per heavy atom. The molecule has 0 aliphatic rings. The normalized spacial score (nSPS) is 11.0. The van der Waals surface area contributed by atoms with Crippen LogP contribution in [0.4, 0.5) is 8.78 Å². The van der Waals surface area contributed by atoms with Crippen molar-refractivity contribution in [1.82, 2.24) is 14.8 Å². The van der Waals surface area contributed by atoms with E-state index < -0.39 is 12.1 Å². The van der Waals surface area contributed by atoms with Gasteiger partial charge in [0, 0.05) is 11.6 Å². The maximum atomic E-state index is 12.5. The summed E-state index contributed by atoms with van der Waals surface area (Å²) in [7, 11) is 0. The molecule has 0 atom stereocenters. The molecule has 0 amide bonds. The van der Waals surface area contributed by atoms with Crippen molar-refractivity contribution >= 4 is 29.2 Å². The number of nitrogens with zero attached hydrogens (tertiary/aromatic N) is 3. The summed E-state index contributed by atoms with van der Waals surface area (Å²) in [4.78, 5) is 14.5. The van der Waals surface area contributed by atoms with Crippen molar-refractivity contribution in [1.29, 1.82) is 0 Å². The molecule has 0 N–H and O–H groups in total. The first-order chi connectivity index (χ1) is 7.65. The molecule has 0 aliphatic heterocycles.